The van der Waals surface area contributed by atoms with Crippen LogP contribution in [0.2, 0.25) is 0 Å². The number of para-hydroxylation sites is 1. The number of rotatable bonds is 7. The van der Waals surface area contributed by atoms with Crippen molar-refractivity contribution in [2.45, 2.75) is 38.6 Å². The number of carbonyl (C=O) groups excluding carboxylic acids is 3. The maximum atomic E-state index is 12.6. The zero-order chi connectivity index (χ0) is 22.2. The second-order valence-electron chi connectivity index (χ2n) is 7.45. The summed E-state index contributed by atoms with van der Waals surface area (Å²) in [7, 11) is 1.55. The normalized spacial score (nSPS) is 15.8. The second kappa shape index (κ2) is 10.6. The highest BCUT2D eigenvalue weighted by Crippen LogP contribution is 2.21. The van der Waals surface area contributed by atoms with Crippen molar-refractivity contribution in [1.82, 2.24) is 4.90 Å². The van der Waals surface area contributed by atoms with Gasteiger partial charge in [-0.05, 0) is 62.1 Å². The van der Waals surface area contributed by atoms with E-state index in [1.807, 2.05) is 4.90 Å². The van der Waals surface area contributed by atoms with Crippen LogP contribution in [0.15, 0.2) is 48.5 Å². The first-order chi connectivity index (χ1) is 15.0. The Bertz CT molecular complexity index is 926. The highest BCUT2D eigenvalue weighted by Gasteiger charge is 2.26. The van der Waals surface area contributed by atoms with Crippen LogP contribution < -0.4 is 10.1 Å². The average Bonchev–Trinajstić information content (AvgIpc) is 2.82. The van der Waals surface area contributed by atoms with E-state index in [2.05, 4.69) is 12.2 Å². The van der Waals surface area contributed by atoms with Gasteiger partial charge in [-0.1, -0.05) is 19.1 Å². The highest BCUT2D eigenvalue weighted by molar-refractivity contribution is 6.08. The van der Waals surface area contributed by atoms with Crippen LogP contribution in [-0.4, -0.2) is 49.0 Å². The smallest absolute Gasteiger partial charge is 0.340 e. The van der Waals surface area contributed by atoms with Crippen molar-refractivity contribution in [3.05, 3.63) is 59.7 Å². The molecule has 164 valence electrons. The van der Waals surface area contributed by atoms with E-state index < -0.39 is 5.97 Å². The second-order valence-corrected chi connectivity index (χ2v) is 7.45. The van der Waals surface area contributed by atoms with Gasteiger partial charge in [0.05, 0.1) is 18.4 Å². The van der Waals surface area contributed by atoms with Gasteiger partial charge in [-0.15, -0.1) is 0 Å². The molecule has 2 amide bonds. The molecule has 1 saturated heterocycles. The third-order valence-electron chi connectivity index (χ3n) is 5.49. The summed E-state index contributed by atoms with van der Waals surface area (Å²) in [6.45, 7) is 2.45. The van der Waals surface area contributed by atoms with E-state index in [1.165, 1.54) is 0 Å². The minimum absolute atomic E-state index is 0.181. The number of hydrogen-bond donors (Lipinski definition) is 1. The lowest BCUT2D eigenvalue weighted by Crippen LogP contribution is -2.45. The van der Waals surface area contributed by atoms with Crippen LogP contribution in [0.5, 0.6) is 5.75 Å². The van der Waals surface area contributed by atoms with Crippen molar-refractivity contribution in [3.8, 4) is 5.75 Å². The van der Waals surface area contributed by atoms with Crippen LogP contribution in [0.1, 0.15) is 53.3 Å². The summed E-state index contributed by atoms with van der Waals surface area (Å²) in [5.74, 6) is -0.550. The number of hydrogen-bond acceptors (Lipinski definition) is 5. The SMILES string of the molecule is CC[C@@H]1CCCCN1C(=O)COC(=O)c1ccccc1NC(=O)c1ccc(OC)cc1. The predicted octanol–water partition coefficient (Wildman–Crippen LogP) is 3.90. The molecule has 1 aliphatic heterocycles. The van der Waals surface area contributed by atoms with E-state index in [0.717, 1.165) is 25.7 Å². The molecule has 1 heterocycles. The summed E-state index contributed by atoms with van der Waals surface area (Å²) >= 11 is 0. The summed E-state index contributed by atoms with van der Waals surface area (Å²) in [5, 5.41) is 2.74. The Morgan fingerprint density at radius 3 is 2.52 bits per heavy atom. The Morgan fingerprint density at radius 2 is 1.81 bits per heavy atom. The molecule has 0 radical (unpaired) electrons. The van der Waals surface area contributed by atoms with Crippen LogP contribution in [0, 0.1) is 0 Å². The summed E-state index contributed by atoms with van der Waals surface area (Å²) in [5.41, 5.74) is 0.947. The number of nitrogens with zero attached hydrogens (tertiary/aromatic N) is 1. The van der Waals surface area contributed by atoms with Gasteiger partial charge in [-0.25, -0.2) is 4.79 Å². The Hall–Kier alpha value is -3.35. The largest absolute Gasteiger partial charge is 0.497 e. The van der Waals surface area contributed by atoms with E-state index in [9.17, 15) is 14.4 Å². The zero-order valence-electron chi connectivity index (χ0n) is 17.9. The van der Waals surface area contributed by atoms with Crippen molar-refractivity contribution in [2.24, 2.45) is 0 Å². The standard InChI is InChI=1S/C24H28N2O5/c1-3-18-8-6-7-15-26(18)22(27)16-31-24(29)20-9-4-5-10-21(20)25-23(28)17-11-13-19(30-2)14-12-17/h4-5,9-14,18H,3,6-8,15-16H2,1-2H3,(H,25,28)/t18-/m1/s1. The first-order valence-electron chi connectivity index (χ1n) is 10.5. The number of piperidine rings is 1. The first-order valence-corrected chi connectivity index (χ1v) is 10.5. The molecule has 1 fully saturated rings. The number of benzene rings is 2. The van der Waals surface area contributed by atoms with Crippen molar-refractivity contribution < 1.29 is 23.9 Å². The van der Waals surface area contributed by atoms with E-state index in [4.69, 9.17) is 9.47 Å². The zero-order valence-corrected chi connectivity index (χ0v) is 17.9. The molecule has 1 N–H and O–H groups in total. The maximum absolute atomic E-state index is 12.6. The monoisotopic (exact) mass is 424 g/mol. The van der Waals surface area contributed by atoms with Crippen LogP contribution in [-0.2, 0) is 9.53 Å². The fourth-order valence-corrected chi connectivity index (χ4v) is 3.75. The number of likely N-dealkylation sites (tertiary alicyclic amines) is 1. The van der Waals surface area contributed by atoms with Gasteiger partial charge in [-0.3, -0.25) is 9.59 Å². The molecular weight excluding hydrogens is 396 g/mol. The van der Waals surface area contributed by atoms with Gasteiger partial charge in [0.1, 0.15) is 5.75 Å². The van der Waals surface area contributed by atoms with Crippen LogP contribution >= 0.6 is 0 Å². The number of amides is 2. The number of ether oxygens (including phenoxy) is 2. The quantitative estimate of drug-likeness (QED) is 0.682. The molecule has 0 spiro atoms. The van der Waals surface area contributed by atoms with Crippen molar-refractivity contribution >= 4 is 23.5 Å². The predicted molar refractivity (Wildman–Crippen MR) is 117 cm³/mol. The lowest BCUT2D eigenvalue weighted by atomic mass is 10.00. The number of carbonyl (C=O) groups is 3. The fraction of sp³-hybridized carbons (Fsp3) is 0.375. The molecule has 31 heavy (non-hydrogen) atoms. The lowest BCUT2D eigenvalue weighted by Gasteiger charge is -2.35. The highest BCUT2D eigenvalue weighted by atomic mass is 16.5. The average molecular weight is 424 g/mol. The maximum Gasteiger partial charge on any atom is 0.340 e. The van der Waals surface area contributed by atoms with E-state index in [0.29, 0.717) is 23.5 Å². The van der Waals surface area contributed by atoms with E-state index >= 15 is 0 Å². The summed E-state index contributed by atoms with van der Waals surface area (Å²) < 4.78 is 10.4. The number of anilines is 1. The van der Waals surface area contributed by atoms with Gasteiger partial charge >= 0.3 is 5.97 Å². The summed E-state index contributed by atoms with van der Waals surface area (Å²) in [4.78, 5) is 39.6. The first kappa shape index (κ1) is 22.3. The molecule has 0 bridgehead atoms. The molecule has 0 aliphatic carbocycles. The van der Waals surface area contributed by atoms with Gasteiger partial charge in [-0.2, -0.15) is 0 Å². The minimum Gasteiger partial charge on any atom is -0.497 e. The van der Waals surface area contributed by atoms with Crippen LogP contribution in [0.25, 0.3) is 0 Å². The summed E-state index contributed by atoms with van der Waals surface area (Å²) in [6, 6.07) is 13.4. The van der Waals surface area contributed by atoms with Gasteiger partial charge in [0.15, 0.2) is 6.61 Å². The molecule has 1 atom stereocenters. The Morgan fingerprint density at radius 1 is 1.06 bits per heavy atom. The van der Waals surface area contributed by atoms with Crippen LogP contribution in [0.4, 0.5) is 5.69 Å². The van der Waals surface area contributed by atoms with Gasteiger partial charge in [0.25, 0.3) is 11.8 Å². The third-order valence-corrected chi connectivity index (χ3v) is 5.49. The minimum atomic E-state index is -0.649. The van der Waals surface area contributed by atoms with Crippen molar-refractivity contribution in [2.75, 3.05) is 25.6 Å². The molecule has 0 unspecified atom stereocenters. The van der Waals surface area contributed by atoms with Crippen molar-refractivity contribution in [1.29, 1.82) is 0 Å². The Kier molecular flexibility index (Phi) is 7.65. The molecule has 2 aromatic rings. The van der Waals surface area contributed by atoms with Crippen molar-refractivity contribution in [3.63, 3.8) is 0 Å². The topological polar surface area (TPSA) is 84.9 Å². The third kappa shape index (κ3) is 5.63. The fourth-order valence-electron chi connectivity index (χ4n) is 3.75. The molecule has 3 rings (SSSR count). The lowest BCUT2D eigenvalue weighted by molar-refractivity contribution is -0.138. The summed E-state index contributed by atoms with van der Waals surface area (Å²) in [6.07, 6.45) is 3.95. The Labute approximate surface area is 182 Å². The molecule has 0 saturated carbocycles. The number of esters is 1. The van der Waals surface area contributed by atoms with E-state index in [-0.39, 0.29) is 30.0 Å². The molecule has 7 nitrogen and oxygen atoms in total. The molecule has 2 aromatic carbocycles. The van der Waals surface area contributed by atoms with Crippen LogP contribution in [0.3, 0.4) is 0 Å². The molecule has 1 aliphatic rings. The number of methoxy groups -OCH3 is 1. The molecular formula is C24H28N2O5. The van der Waals surface area contributed by atoms with E-state index in [1.54, 1.807) is 55.6 Å². The Balaban J connectivity index is 1.64. The van der Waals surface area contributed by atoms with Gasteiger partial charge in [0, 0.05) is 18.2 Å². The molecule has 0 aromatic heterocycles. The number of nitrogens with one attached hydrogen (secondary N) is 1. The van der Waals surface area contributed by atoms with Gasteiger partial charge in [0.2, 0.25) is 0 Å². The van der Waals surface area contributed by atoms with Gasteiger partial charge < -0.3 is 19.7 Å². The molecule has 7 heteroatoms.